The highest BCUT2D eigenvalue weighted by Crippen LogP contribution is 2.29. The van der Waals surface area contributed by atoms with Crippen molar-refractivity contribution in [2.24, 2.45) is 5.92 Å². The summed E-state index contributed by atoms with van der Waals surface area (Å²) in [5, 5.41) is 0. The number of carbonyl (C=O) groups is 1. The Morgan fingerprint density at radius 1 is 1.24 bits per heavy atom. The number of hydrogen-bond acceptors (Lipinski definition) is 3. The molecule has 0 aromatic heterocycles. The van der Waals surface area contributed by atoms with Crippen molar-refractivity contribution in [3.63, 3.8) is 0 Å². The molecule has 100 valence electrons. The fourth-order valence-corrected chi connectivity index (χ4v) is 2.85. The van der Waals surface area contributed by atoms with Crippen molar-refractivity contribution < 1.29 is 9.53 Å². The molecule has 0 spiro atoms. The van der Waals surface area contributed by atoms with Crippen molar-refractivity contribution in [3.8, 4) is 0 Å². The third kappa shape index (κ3) is 4.66. The van der Waals surface area contributed by atoms with Gasteiger partial charge in [0.2, 0.25) is 0 Å². The van der Waals surface area contributed by atoms with Crippen molar-refractivity contribution in [3.05, 3.63) is 0 Å². The van der Waals surface area contributed by atoms with Crippen molar-refractivity contribution in [1.29, 1.82) is 0 Å². The second-order valence-corrected chi connectivity index (χ2v) is 5.04. The molecule has 3 heteroatoms. The summed E-state index contributed by atoms with van der Waals surface area (Å²) in [4.78, 5) is 13.6. The highest BCUT2D eigenvalue weighted by molar-refractivity contribution is 5.69. The van der Waals surface area contributed by atoms with Crippen LogP contribution < -0.4 is 0 Å². The molecular weight excluding hydrogens is 214 g/mol. The monoisotopic (exact) mass is 241 g/mol. The average Bonchev–Trinajstić information content (AvgIpc) is 2.39. The zero-order valence-corrected chi connectivity index (χ0v) is 11.6. The maximum atomic E-state index is 11.2. The minimum absolute atomic E-state index is 0.0919. The Labute approximate surface area is 106 Å². The van der Waals surface area contributed by atoms with Crippen LogP contribution in [0.15, 0.2) is 0 Å². The number of esters is 1. The summed E-state index contributed by atoms with van der Waals surface area (Å²) in [6, 6.07) is 0.687. The van der Waals surface area contributed by atoms with Crippen LogP contribution >= 0.6 is 0 Å². The van der Waals surface area contributed by atoms with E-state index in [-0.39, 0.29) is 5.97 Å². The normalized spacial score (nSPS) is 24.9. The van der Waals surface area contributed by atoms with E-state index in [0.29, 0.717) is 12.5 Å². The molecule has 0 aliphatic heterocycles. The largest absolute Gasteiger partial charge is 0.469 e. The average molecular weight is 241 g/mol. The molecule has 0 atom stereocenters. The molecule has 1 aliphatic carbocycles. The van der Waals surface area contributed by atoms with Crippen LogP contribution in [0.25, 0.3) is 0 Å². The van der Waals surface area contributed by atoms with Crippen LogP contribution in [0.3, 0.4) is 0 Å². The quantitative estimate of drug-likeness (QED) is 0.670. The molecule has 1 rings (SSSR count). The number of ether oxygens (including phenoxy) is 1. The molecule has 17 heavy (non-hydrogen) atoms. The van der Waals surface area contributed by atoms with E-state index in [1.54, 1.807) is 0 Å². The Kier molecular flexibility index (Phi) is 6.56. The SMILES string of the molecule is CCC1CCC(N(CC)CCC(=O)OC)CC1. The van der Waals surface area contributed by atoms with Crippen LogP contribution in [-0.2, 0) is 9.53 Å². The molecule has 0 saturated heterocycles. The molecule has 0 aromatic rings. The van der Waals surface area contributed by atoms with Gasteiger partial charge >= 0.3 is 5.97 Å². The zero-order chi connectivity index (χ0) is 12.7. The molecular formula is C14H27NO2. The number of carbonyl (C=O) groups excluding carboxylic acids is 1. The number of nitrogens with zero attached hydrogens (tertiary/aromatic N) is 1. The lowest BCUT2D eigenvalue weighted by Gasteiger charge is -2.36. The molecule has 0 amide bonds. The van der Waals surface area contributed by atoms with E-state index in [0.717, 1.165) is 19.0 Å². The van der Waals surface area contributed by atoms with Gasteiger partial charge in [-0.25, -0.2) is 0 Å². The van der Waals surface area contributed by atoms with Gasteiger partial charge in [-0.1, -0.05) is 20.3 Å². The van der Waals surface area contributed by atoms with E-state index >= 15 is 0 Å². The van der Waals surface area contributed by atoms with E-state index in [1.165, 1.54) is 39.2 Å². The number of hydrogen-bond donors (Lipinski definition) is 0. The predicted molar refractivity (Wildman–Crippen MR) is 69.9 cm³/mol. The van der Waals surface area contributed by atoms with Gasteiger partial charge in [-0.05, 0) is 38.1 Å². The molecule has 0 unspecified atom stereocenters. The van der Waals surface area contributed by atoms with Crippen molar-refractivity contribution in [2.75, 3.05) is 20.2 Å². The fraction of sp³-hybridized carbons (Fsp3) is 0.929. The molecule has 1 aliphatic rings. The van der Waals surface area contributed by atoms with Crippen LogP contribution in [-0.4, -0.2) is 37.1 Å². The van der Waals surface area contributed by atoms with Crippen molar-refractivity contribution >= 4 is 5.97 Å². The molecule has 0 aromatic carbocycles. The van der Waals surface area contributed by atoms with Gasteiger partial charge in [-0.3, -0.25) is 4.79 Å². The molecule has 1 saturated carbocycles. The van der Waals surface area contributed by atoms with Gasteiger partial charge in [0.15, 0.2) is 0 Å². The molecule has 0 bridgehead atoms. The Hall–Kier alpha value is -0.570. The van der Waals surface area contributed by atoms with E-state index in [4.69, 9.17) is 4.74 Å². The van der Waals surface area contributed by atoms with Crippen LogP contribution in [0.2, 0.25) is 0 Å². The number of methoxy groups -OCH3 is 1. The van der Waals surface area contributed by atoms with Crippen LogP contribution in [0.4, 0.5) is 0 Å². The van der Waals surface area contributed by atoms with Gasteiger partial charge in [0.05, 0.1) is 13.5 Å². The summed E-state index contributed by atoms with van der Waals surface area (Å²) in [6.45, 7) is 6.37. The van der Waals surface area contributed by atoms with Crippen molar-refractivity contribution in [1.82, 2.24) is 4.90 Å². The molecule has 1 fully saturated rings. The second kappa shape index (κ2) is 7.70. The molecule has 0 heterocycles. The maximum Gasteiger partial charge on any atom is 0.306 e. The third-order valence-corrected chi connectivity index (χ3v) is 4.15. The Morgan fingerprint density at radius 2 is 1.88 bits per heavy atom. The van der Waals surface area contributed by atoms with E-state index in [2.05, 4.69) is 18.7 Å². The predicted octanol–water partition coefficient (Wildman–Crippen LogP) is 2.84. The summed E-state index contributed by atoms with van der Waals surface area (Å²) in [5.74, 6) is 0.844. The minimum Gasteiger partial charge on any atom is -0.469 e. The van der Waals surface area contributed by atoms with E-state index in [1.807, 2.05) is 0 Å². The van der Waals surface area contributed by atoms with Gasteiger partial charge < -0.3 is 9.64 Å². The lowest BCUT2D eigenvalue weighted by atomic mass is 9.84. The summed E-state index contributed by atoms with van der Waals surface area (Å²) in [7, 11) is 1.46. The first-order chi connectivity index (χ1) is 8.21. The first-order valence-corrected chi connectivity index (χ1v) is 7.02. The van der Waals surface area contributed by atoms with Gasteiger partial charge in [0, 0.05) is 12.6 Å². The summed E-state index contributed by atoms with van der Waals surface area (Å²) >= 11 is 0. The van der Waals surface area contributed by atoms with Gasteiger partial charge in [0.25, 0.3) is 0 Å². The molecule has 3 nitrogen and oxygen atoms in total. The second-order valence-electron chi connectivity index (χ2n) is 5.04. The first-order valence-electron chi connectivity index (χ1n) is 7.02. The molecule has 0 radical (unpaired) electrons. The zero-order valence-electron chi connectivity index (χ0n) is 11.6. The molecule has 0 N–H and O–H groups in total. The lowest BCUT2D eigenvalue weighted by molar-refractivity contribution is -0.141. The van der Waals surface area contributed by atoms with Gasteiger partial charge in [0.1, 0.15) is 0 Å². The smallest absolute Gasteiger partial charge is 0.306 e. The first kappa shape index (κ1) is 14.5. The Bertz CT molecular complexity index is 222. The lowest BCUT2D eigenvalue weighted by Crippen LogP contribution is -2.39. The Balaban J connectivity index is 2.33. The summed E-state index contributed by atoms with van der Waals surface area (Å²) < 4.78 is 4.70. The fourth-order valence-electron chi connectivity index (χ4n) is 2.85. The minimum atomic E-state index is -0.0919. The van der Waals surface area contributed by atoms with Crippen LogP contribution in [0, 0.1) is 5.92 Å². The highest BCUT2D eigenvalue weighted by atomic mass is 16.5. The van der Waals surface area contributed by atoms with Crippen LogP contribution in [0.1, 0.15) is 52.4 Å². The highest BCUT2D eigenvalue weighted by Gasteiger charge is 2.24. The van der Waals surface area contributed by atoms with Gasteiger partial charge in [-0.2, -0.15) is 0 Å². The van der Waals surface area contributed by atoms with E-state index < -0.39 is 0 Å². The van der Waals surface area contributed by atoms with Crippen LogP contribution in [0.5, 0.6) is 0 Å². The van der Waals surface area contributed by atoms with Gasteiger partial charge in [-0.15, -0.1) is 0 Å². The Morgan fingerprint density at radius 3 is 2.35 bits per heavy atom. The topological polar surface area (TPSA) is 29.5 Å². The maximum absolute atomic E-state index is 11.2. The number of rotatable bonds is 6. The standard InChI is InChI=1S/C14H27NO2/c1-4-12-6-8-13(9-7-12)15(5-2)11-10-14(16)17-3/h12-13H,4-11H2,1-3H3. The van der Waals surface area contributed by atoms with E-state index in [9.17, 15) is 4.79 Å². The van der Waals surface area contributed by atoms with Crippen molar-refractivity contribution in [2.45, 2.75) is 58.4 Å². The summed E-state index contributed by atoms with van der Waals surface area (Å²) in [5.41, 5.74) is 0. The third-order valence-electron chi connectivity index (χ3n) is 4.15. The summed E-state index contributed by atoms with van der Waals surface area (Å²) in [6.07, 6.45) is 7.16.